The van der Waals surface area contributed by atoms with Gasteiger partial charge in [0.05, 0.1) is 22.1 Å². The summed E-state index contributed by atoms with van der Waals surface area (Å²) >= 11 is 0. The van der Waals surface area contributed by atoms with E-state index < -0.39 is 0 Å². The third-order valence-electron chi connectivity index (χ3n) is 12.2. The highest BCUT2D eigenvalue weighted by molar-refractivity contribution is 6.11. The molecule has 0 fully saturated rings. The topological polar surface area (TPSA) is 48.5 Å². The molecule has 0 bridgehead atoms. The first-order chi connectivity index (χ1) is 31.1. The van der Waals surface area contributed by atoms with E-state index in [0.717, 1.165) is 50.3 Å². The number of rotatable bonds is 7. The van der Waals surface area contributed by atoms with Crippen LogP contribution in [0.2, 0.25) is 0 Å². The summed E-state index contributed by atoms with van der Waals surface area (Å²) in [4.78, 5) is 15.0. The van der Waals surface area contributed by atoms with Crippen LogP contribution in [-0.2, 0) is 0 Å². The Morgan fingerprint density at radius 3 is 1.30 bits per heavy atom. The van der Waals surface area contributed by atoms with Gasteiger partial charge in [-0.1, -0.05) is 163 Å². The molecule has 0 atom stereocenters. The summed E-state index contributed by atoms with van der Waals surface area (Å²) in [5.74, 6) is 1.92. The van der Waals surface area contributed by atoms with E-state index in [1.807, 2.05) is 60.7 Å². The van der Waals surface area contributed by atoms with Gasteiger partial charge in [0.15, 0.2) is 17.5 Å². The fraction of sp³-hybridized carbons (Fsp3) is 0.0172. The molecule has 0 spiro atoms. The van der Waals surface area contributed by atoms with Crippen LogP contribution in [0.15, 0.2) is 218 Å². The Kier molecular flexibility index (Phi) is 8.64. The maximum Gasteiger partial charge on any atom is 0.164 e. The SMILES string of the molecule is Cc1ccc2c(c1)c1ccc(-c3cccc(-n4c5ccccc5c5ccccc54)c3)cc1n2-c1cccc(-c2cccc(-c3nc(-c4ccccc4)nc(-c4ccccc4)n3)c2)c1. The fourth-order valence-electron chi connectivity index (χ4n) is 9.22. The summed E-state index contributed by atoms with van der Waals surface area (Å²) in [7, 11) is 0. The standard InChI is InChI=1S/C58H39N5/c1-38-29-32-54-51(33-38)50-31-30-44(43-21-14-23-46(36-43)62-52-27-10-8-25-48(52)49-26-9-11-28-53(49)62)37-55(50)63(54)47-24-13-20-42(35-47)41-19-12-22-45(34-41)58-60-56(39-15-4-2-5-16-39)59-57(61-58)40-17-6-3-7-18-40/h2-37H,1H3. The lowest BCUT2D eigenvalue weighted by molar-refractivity contribution is 1.07. The van der Waals surface area contributed by atoms with Gasteiger partial charge < -0.3 is 9.13 Å². The van der Waals surface area contributed by atoms with Gasteiger partial charge in [-0.25, -0.2) is 15.0 Å². The van der Waals surface area contributed by atoms with E-state index in [4.69, 9.17) is 15.0 Å². The molecular formula is C58H39N5. The van der Waals surface area contributed by atoms with Crippen LogP contribution in [0.5, 0.6) is 0 Å². The van der Waals surface area contributed by atoms with Crippen LogP contribution >= 0.6 is 0 Å². The van der Waals surface area contributed by atoms with Crippen LogP contribution in [-0.4, -0.2) is 24.1 Å². The van der Waals surface area contributed by atoms with Gasteiger partial charge in [0, 0.05) is 49.6 Å². The molecule has 3 aromatic heterocycles. The number of fused-ring (bicyclic) bond motifs is 6. The van der Waals surface area contributed by atoms with Crippen molar-refractivity contribution < 1.29 is 0 Å². The van der Waals surface area contributed by atoms with E-state index >= 15 is 0 Å². The number of aromatic nitrogens is 5. The molecule has 3 heterocycles. The maximum absolute atomic E-state index is 5.02. The molecule has 296 valence electrons. The largest absolute Gasteiger partial charge is 0.309 e. The van der Waals surface area contributed by atoms with E-state index in [9.17, 15) is 0 Å². The molecule has 12 aromatic rings. The fourth-order valence-corrected chi connectivity index (χ4v) is 9.22. The summed E-state index contributed by atoms with van der Waals surface area (Å²) in [5.41, 5.74) is 15.5. The summed E-state index contributed by atoms with van der Waals surface area (Å²) < 4.78 is 4.81. The second-order valence-corrected chi connectivity index (χ2v) is 16.2. The molecule has 0 saturated carbocycles. The van der Waals surface area contributed by atoms with Crippen molar-refractivity contribution in [2.75, 3.05) is 0 Å². The van der Waals surface area contributed by atoms with E-state index in [1.54, 1.807) is 0 Å². The summed E-state index contributed by atoms with van der Waals surface area (Å²) in [6.45, 7) is 2.17. The van der Waals surface area contributed by atoms with Crippen molar-refractivity contribution in [3.63, 3.8) is 0 Å². The van der Waals surface area contributed by atoms with E-state index in [0.29, 0.717) is 17.5 Å². The first kappa shape index (κ1) is 36.4. The molecule has 0 unspecified atom stereocenters. The number of aryl methyl sites for hydroxylation is 1. The van der Waals surface area contributed by atoms with Gasteiger partial charge in [-0.15, -0.1) is 0 Å². The normalized spacial score (nSPS) is 11.6. The van der Waals surface area contributed by atoms with E-state index in [-0.39, 0.29) is 0 Å². The van der Waals surface area contributed by atoms with Crippen molar-refractivity contribution in [2.45, 2.75) is 6.92 Å². The number of benzene rings is 9. The third kappa shape index (κ3) is 6.37. The lowest BCUT2D eigenvalue weighted by Crippen LogP contribution is -2.00. The average molecular weight is 806 g/mol. The average Bonchev–Trinajstić information content (AvgIpc) is 3.86. The molecule has 5 nitrogen and oxygen atoms in total. The van der Waals surface area contributed by atoms with Crippen molar-refractivity contribution in [1.82, 2.24) is 24.1 Å². The molecule has 5 heteroatoms. The molecule has 0 saturated heterocycles. The minimum Gasteiger partial charge on any atom is -0.309 e. The lowest BCUT2D eigenvalue weighted by Gasteiger charge is -2.13. The second kappa shape index (κ2) is 14.9. The lowest BCUT2D eigenvalue weighted by atomic mass is 10.0. The monoisotopic (exact) mass is 805 g/mol. The molecule has 0 aliphatic heterocycles. The Balaban J connectivity index is 0.970. The van der Waals surface area contributed by atoms with Crippen LogP contribution in [0.4, 0.5) is 0 Å². The van der Waals surface area contributed by atoms with Gasteiger partial charge >= 0.3 is 0 Å². The first-order valence-electron chi connectivity index (χ1n) is 21.3. The Bertz CT molecular complexity index is 3580. The summed E-state index contributed by atoms with van der Waals surface area (Å²) in [5, 5.41) is 4.98. The van der Waals surface area contributed by atoms with Crippen LogP contribution in [0.25, 0.3) is 111 Å². The molecule has 0 radical (unpaired) electrons. The smallest absolute Gasteiger partial charge is 0.164 e. The molecular weight excluding hydrogens is 767 g/mol. The van der Waals surface area contributed by atoms with Crippen LogP contribution in [0, 0.1) is 6.92 Å². The second-order valence-electron chi connectivity index (χ2n) is 16.2. The number of nitrogens with zero attached hydrogens (tertiary/aromatic N) is 5. The number of hydrogen-bond donors (Lipinski definition) is 0. The molecule has 0 aliphatic carbocycles. The third-order valence-corrected chi connectivity index (χ3v) is 12.2. The van der Waals surface area contributed by atoms with Crippen molar-refractivity contribution >= 4 is 43.6 Å². The van der Waals surface area contributed by atoms with Crippen LogP contribution in [0.1, 0.15) is 5.56 Å². The van der Waals surface area contributed by atoms with E-state index in [1.165, 1.54) is 49.2 Å². The Hall–Kier alpha value is -8.41. The predicted molar refractivity (Wildman–Crippen MR) is 260 cm³/mol. The highest BCUT2D eigenvalue weighted by Crippen LogP contribution is 2.38. The molecule has 63 heavy (non-hydrogen) atoms. The van der Waals surface area contributed by atoms with Gasteiger partial charge in [0.2, 0.25) is 0 Å². The minimum absolute atomic E-state index is 0.633. The molecule has 12 rings (SSSR count). The zero-order chi connectivity index (χ0) is 41.9. The maximum atomic E-state index is 5.02. The number of hydrogen-bond acceptors (Lipinski definition) is 3. The molecule has 0 amide bonds. The Morgan fingerprint density at radius 1 is 0.270 bits per heavy atom. The zero-order valence-electron chi connectivity index (χ0n) is 34.5. The van der Waals surface area contributed by atoms with Crippen molar-refractivity contribution in [3.8, 4) is 67.8 Å². The van der Waals surface area contributed by atoms with Gasteiger partial charge in [0.25, 0.3) is 0 Å². The van der Waals surface area contributed by atoms with Gasteiger partial charge in [0.1, 0.15) is 0 Å². The zero-order valence-corrected chi connectivity index (χ0v) is 34.5. The highest BCUT2D eigenvalue weighted by Gasteiger charge is 2.17. The minimum atomic E-state index is 0.633. The predicted octanol–water partition coefficient (Wildman–Crippen LogP) is 14.7. The molecule has 9 aromatic carbocycles. The van der Waals surface area contributed by atoms with Gasteiger partial charge in [-0.2, -0.15) is 0 Å². The van der Waals surface area contributed by atoms with Gasteiger partial charge in [-0.3, -0.25) is 0 Å². The Labute approximate surface area is 364 Å². The summed E-state index contributed by atoms with van der Waals surface area (Å²) in [6, 6.07) is 77.6. The van der Waals surface area contributed by atoms with Crippen LogP contribution < -0.4 is 0 Å². The highest BCUT2D eigenvalue weighted by atomic mass is 15.0. The quantitative estimate of drug-likeness (QED) is 0.161. The number of para-hydroxylation sites is 2. The first-order valence-corrected chi connectivity index (χ1v) is 21.3. The molecule has 0 N–H and O–H groups in total. The van der Waals surface area contributed by atoms with E-state index in [2.05, 4.69) is 174 Å². The van der Waals surface area contributed by atoms with Gasteiger partial charge in [-0.05, 0) is 89.8 Å². The Morgan fingerprint density at radius 2 is 0.698 bits per heavy atom. The summed E-state index contributed by atoms with van der Waals surface area (Å²) in [6.07, 6.45) is 0. The van der Waals surface area contributed by atoms with Crippen LogP contribution in [0.3, 0.4) is 0 Å². The van der Waals surface area contributed by atoms with Crippen molar-refractivity contribution in [3.05, 3.63) is 224 Å². The van der Waals surface area contributed by atoms with Crippen molar-refractivity contribution in [2.24, 2.45) is 0 Å². The van der Waals surface area contributed by atoms with Crippen molar-refractivity contribution in [1.29, 1.82) is 0 Å². The molecule has 0 aliphatic rings.